The van der Waals surface area contributed by atoms with Crippen molar-refractivity contribution in [2.75, 3.05) is 0 Å². The van der Waals surface area contributed by atoms with Gasteiger partial charge in [-0.15, -0.1) is 11.3 Å². The van der Waals surface area contributed by atoms with Gasteiger partial charge < -0.3 is 10.2 Å². The van der Waals surface area contributed by atoms with Crippen molar-refractivity contribution < 1.29 is 15.0 Å². The Hall–Kier alpha value is -0.940. The number of aromatic nitrogens is 1. The maximum Gasteiger partial charge on any atom is 0.317 e. The summed E-state index contributed by atoms with van der Waals surface area (Å²) < 4.78 is 0. The van der Waals surface area contributed by atoms with Gasteiger partial charge in [-0.1, -0.05) is 13.8 Å². The van der Waals surface area contributed by atoms with Crippen LogP contribution in [0.5, 0.6) is 0 Å². The molecule has 0 radical (unpaired) electrons. The van der Waals surface area contributed by atoms with E-state index in [1.165, 1.54) is 11.3 Å². The predicted octanol–water partition coefficient (Wildman–Crippen LogP) is 2.04. The van der Waals surface area contributed by atoms with Gasteiger partial charge in [-0.3, -0.25) is 4.79 Å². The molecule has 1 aliphatic rings. The van der Waals surface area contributed by atoms with Crippen LogP contribution in [0.25, 0.3) is 0 Å². The smallest absolute Gasteiger partial charge is 0.317 e. The molecule has 2 N–H and O–H groups in total. The molecule has 1 heterocycles. The molecule has 2 rings (SSSR count). The first-order valence-corrected chi connectivity index (χ1v) is 6.59. The van der Waals surface area contributed by atoms with Crippen LogP contribution in [-0.2, 0) is 10.2 Å². The highest BCUT2D eigenvalue weighted by molar-refractivity contribution is 7.09. The van der Waals surface area contributed by atoms with Crippen LogP contribution < -0.4 is 0 Å². The van der Waals surface area contributed by atoms with Crippen LogP contribution in [0.15, 0.2) is 11.6 Å². The van der Waals surface area contributed by atoms with Crippen LogP contribution >= 0.6 is 11.3 Å². The molecule has 1 saturated carbocycles. The van der Waals surface area contributed by atoms with Crippen LogP contribution in [0.1, 0.15) is 38.1 Å². The molecule has 1 aromatic rings. The van der Waals surface area contributed by atoms with E-state index in [0.29, 0.717) is 24.3 Å². The first-order valence-electron chi connectivity index (χ1n) is 5.71. The fourth-order valence-electron chi connectivity index (χ4n) is 2.91. The van der Waals surface area contributed by atoms with Gasteiger partial charge in [0.1, 0.15) is 10.4 Å². The lowest BCUT2D eigenvalue weighted by Gasteiger charge is -2.47. The predicted molar refractivity (Wildman–Crippen MR) is 65.1 cm³/mol. The van der Waals surface area contributed by atoms with Gasteiger partial charge in [-0.2, -0.15) is 0 Å². The van der Waals surface area contributed by atoms with Crippen LogP contribution in [0.4, 0.5) is 0 Å². The second-order valence-corrected chi connectivity index (χ2v) is 6.22. The summed E-state index contributed by atoms with van der Waals surface area (Å²) in [5, 5.41) is 21.9. The van der Waals surface area contributed by atoms with Crippen molar-refractivity contribution in [1.82, 2.24) is 4.98 Å². The number of rotatable bonds is 2. The van der Waals surface area contributed by atoms with Gasteiger partial charge in [-0.25, -0.2) is 4.98 Å². The van der Waals surface area contributed by atoms with E-state index in [1.807, 2.05) is 13.8 Å². The summed E-state index contributed by atoms with van der Waals surface area (Å²) in [5.41, 5.74) is -1.45. The maximum absolute atomic E-state index is 11.8. The number of nitrogens with zero attached hydrogens (tertiary/aromatic N) is 1. The number of carboxylic acids is 1. The van der Waals surface area contributed by atoms with Gasteiger partial charge in [0.25, 0.3) is 0 Å². The largest absolute Gasteiger partial charge is 0.480 e. The molecule has 0 aromatic carbocycles. The first kappa shape index (κ1) is 12.5. The standard InChI is InChI=1S/C12H17NO3S/c1-11(2)7-8(14)3-4-12(11,10(15)16)9-13-5-6-17-9/h5-6,8,14H,3-4,7H2,1-2H3,(H,15,16). The van der Waals surface area contributed by atoms with Crippen molar-refractivity contribution in [3.8, 4) is 0 Å². The lowest BCUT2D eigenvalue weighted by atomic mass is 9.57. The second kappa shape index (κ2) is 4.07. The fraction of sp³-hybridized carbons (Fsp3) is 0.667. The van der Waals surface area contributed by atoms with Crippen molar-refractivity contribution in [2.45, 2.75) is 44.6 Å². The molecule has 0 bridgehead atoms. The molecule has 1 aliphatic carbocycles. The summed E-state index contributed by atoms with van der Waals surface area (Å²) in [6.07, 6.45) is 2.71. The van der Waals surface area contributed by atoms with E-state index in [2.05, 4.69) is 4.98 Å². The molecule has 0 saturated heterocycles. The van der Waals surface area contributed by atoms with Gasteiger partial charge in [0, 0.05) is 11.6 Å². The number of carbonyl (C=O) groups is 1. The molecule has 2 unspecified atom stereocenters. The van der Waals surface area contributed by atoms with E-state index in [4.69, 9.17) is 0 Å². The number of aliphatic hydroxyl groups excluding tert-OH is 1. The van der Waals surface area contributed by atoms with E-state index < -0.39 is 22.9 Å². The Kier molecular flexibility index (Phi) is 2.99. The van der Waals surface area contributed by atoms with Crippen molar-refractivity contribution in [2.24, 2.45) is 5.41 Å². The fourth-order valence-corrected chi connectivity index (χ4v) is 3.94. The number of hydrogen-bond acceptors (Lipinski definition) is 4. The number of aliphatic carboxylic acids is 1. The molecule has 2 atom stereocenters. The van der Waals surface area contributed by atoms with Gasteiger partial charge in [0.2, 0.25) is 0 Å². The van der Waals surface area contributed by atoms with E-state index in [0.717, 1.165) is 0 Å². The summed E-state index contributed by atoms with van der Waals surface area (Å²) in [4.78, 5) is 16.0. The van der Waals surface area contributed by atoms with Crippen molar-refractivity contribution in [3.63, 3.8) is 0 Å². The Morgan fingerprint density at radius 2 is 2.29 bits per heavy atom. The Morgan fingerprint density at radius 3 is 2.76 bits per heavy atom. The van der Waals surface area contributed by atoms with Gasteiger partial charge in [-0.05, 0) is 24.7 Å². The zero-order chi connectivity index (χ0) is 12.7. The summed E-state index contributed by atoms with van der Waals surface area (Å²) in [6.45, 7) is 3.82. The maximum atomic E-state index is 11.8. The summed E-state index contributed by atoms with van der Waals surface area (Å²) >= 11 is 1.39. The number of aliphatic hydroxyl groups is 1. The molecule has 0 aliphatic heterocycles. The van der Waals surface area contributed by atoms with Crippen LogP contribution in [-0.4, -0.2) is 27.3 Å². The molecule has 17 heavy (non-hydrogen) atoms. The molecule has 1 aromatic heterocycles. The molecular formula is C12H17NO3S. The molecule has 5 heteroatoms. The molecule has 94 valence electrons. The van der Waals surface area contributed by atoms with Crippen molar-refractivity contribution in [3.05, 3.63) is 16.6 Å². The van der Waals surface area contributed by atoms with Crippen LogP contribution in [0, 0.1) is 5.41 Å². The van der Waals surface area contributed by atoms with E-state index in [-0.39, 0.29) is 0 Å². The minimum atomic E-state index is -0.958. The topological polar surface area (TPSA) is 70.4 Å². The second-order valence-electron chi connectivity index (χ2n) is 5.33. The lowest BCUT2D eigenvalue weighted by molar-refractivity contribution is -0.153. The highest BCUT2D eigenvalue weighted by Crippen LogP contribution is 2.52. The molecule has 4 nitrogen and oxygen atoms in total. The van der Waals surface area contributed by atoms with Crippen LogP contribution in [0.3, 0.4) is 0 Å². The molecule has 0 spiro atoms. The first-order chi connectivity index (χ1) is 7.90. The monoisotopic (exact) mass is 255 g/mol. The third-order valence-electron chi connectivity index (χ3n) is 3.92. The minimum Gasteiger partial charge on any atom is -0.480 e. The van der Waals surface area contributed by atoms with Crippen LogP contribution in [0.2, 0.25) is 0 Å². The molecule has 1 fully saturated rings. The average molecular weight is 255 g/mol. The van der Waals surface area contributed by atoms with E-state index >= 15 is 0 Å². The number of thiazole rings is 1. The number of carboxylic acid groups (broad SMARTS) is 1. The third-order valence-corrected chi connectivity index (χ3v) is 4.85. The number of hydrogen-bond donors (Lipinski definition) is 2. The SMILES string of the molecule is CC1(C)CC(O)CCC1(C(=O)O)c1nccs1. The summed E-state index contributed by atoms with van der Waals surface area (Å²) in [5.74, 6) is -0.829. The molecule has 0 amide bonds. The normalized spacial score (nSPS) is 32.3. The Bertz CT molecular complexity index is 415. The zero-order valence-electron chi connectivity index (χ0n) is 10.0. The van der Waals surface area contributed by atoms with Crippen molar-refractivity contribution >= 4 is 17.3 Å². The van der Waals surface area contributed by atoms with E-state index in [9.17, 15) is 15.0 Å². The minimum absolute atomic E-state index is 0.405. The summed E-state index contributed by atoms with van der Waals surface area (Å²) in [6, 6.07) is 0. The summed E-state index contributed by atoms with van der Waals surface area (Å²) in [7, 11) is 0. The average Bonchev–Trinajstić information content (AvgIpc) is 2.69. The van der Waals surface area contributed by atoms with Crippen molar-refractivity contribution in [1.29, 1.82) is 0 Å². The highest BCUT2D eigenvalue weighted by atomic mass is 32.1. The van der Waals surface area contributed by atoms with E-state index in [1.54, 1.807) is 11.6 Å². The Labute approximate surface area is 104 Å². The zero-order valence-corrected chi connectivity index (χ0v) is 10.8. The lowest BCUT2D eigenvalue weighted by Crippen LogP contribution is -2.53. The third kappa shape index (κ3) is 1.77. The van der Waals surface area contributed by atoms with Gasteiger partial charge in [0.15, 0.2) is 0 Å². The molecular weight excluding hydrogens is 238 g/mol. The Morgan fingerprint density at radius 1 is 1.59 bits per heavy atom. The quantitative estimate of drug-likeness (QED) is 0.848. The van der Waals surface area contributed by atoms with Gasteiger partial charge >= 0.3 is 5.97 Å². The Balaban J connectivity index is 2.52. The van der Waals surface area contributed by atoms with Gasteiger partial charge in [0.05, 0.1) is 6.10 Å². The highest BCUT2D eigenvalue weighted by Gasteiger charge is 2.57.